The summed E-state index contributed by atoms with van der Waals surface area (Å²) in [4.78, 5) is 24.4. The average Bonchev–Trinajstić information content (AvgIpc) is 3.30. The number of hydrogen-bond acceptors (Lipinski definition) is 5. The largest absolute Gasteiger partial charge is 0.462 e. The van der Waals surface area contributed by atoms with E-state index in [1.807, 2.05) is 30.3 Å². The normalized spacial score (nSPS) is 40.1. The molecule has 0 unspecified atom stereocenters. The molecule has 4 saturated carbocycles. The van der Waals surface area contributed by atoms with Crippen LogP contribution in [0.15, 0.2) is 30.3 Å². The molecule has 0 radical (unpaired) electrons. The Kier molecular flexibility index (Phi) is 8.83. The molecule has 1 aromatic carbocycles. The molecule has 4 fully saturated rings. The number of hydrogen-bond donors (Lipinski definition) is 1. The topological polar surface area (TPSA) is 72.8 Å². The van der Waals surface area contributed by atoms with Gasteiger partial charge in [-0.15, -0.1) is 0 Å². The molecule has 0 bridgehead atoms. The first-order valence-electron chi connectivity index (χ1n) is 15.3. The van der Waals surface area contributed by atoms with Gasteiger partial charge in [0.15, 0.2) is 0 Å². The van der Waals surface area contributed by atoms with E-state index in [-0.39, 0.29) is 40.3 Å². The quantitative estimate of drug-likeness (QED) is 0.254. The summed E-state index contributed by atoms with van der Waals surface area (Å²) in [5.41, 5.74) is 1.15. The minimum Gasteiger partial charge on any atom is -0.462 e. The minimum absolute atomic E-state index is 0.0412. The third-order valence-corrected chi connectivity index (χ3v) is 12.4. The molecule has 39 heavy (non-hydrogen) atoms. The van der Waals surface area contributed by atoms with Gasteiger partial charge in [-0.3, -0.25) is 9.59 Å². The summed E-state index contributed by atoms with van der Waals surface area (Å²) in [5, 5.41) is 12.1. The van der Waals surface area contributed by atoms with Gasteiger partial charge in [-0.1, -0.05) is 67.0 Å². The molecule has 4 aliphatic rings. The number of fused-ring (bicyclic) bond motifs is 5. The van der Waals surface area contributed by atoms with E-state index in [1.165, 1.54) is 19.3 Å². The molecule has 6 heteroatoms. The first-order chi connectivity index (χ1) is 18.7. The molecule has 5 nitrogen and oxygen atoms in total. The summed E-state index contributed by atoms with van der Waals surface area (Å²) in [6.45, 7) is 7.46. The molecule has 0 heterocycles. The Bertz CT molecular complexity index is 1010. The Balaban J connectivity index is 1.20. The van der Waals surface area contributed by atoms with Gasteiger partial charge >= 0.3 is 11.9 Å². The molecule has 4 aliphatic carbocycles. The zero-order valence-corrected chi connectivity index (χ0v) is 25.5. The van der Waals surface area contributed by atoms with Crippen molar-refractivity contribution >= 4 is 27.9 Å². The van der Waals surface area contributed by atoms with E-state index < -0.39 is 0 Å². The highest BCUT2D eigenvalue weighted by atomic mass is 79.9. The molecule has 0 amide bonds. The van der Waals surface area contributed by atoms with E-state index in [0.29, 0.717) is 48.5 Å². The summed E-state index contributed by atoms with van der Waals surface area (Å²) in [6, 6.07) is 9.84. The highest BCUT2D eigenvalue weighted by Gasteiger charge is 2.63. The molecule has 0 aliphatic heterocycles. The lowest BCUT2D eigenvalue weighted by atomic mass is 9.43. The Morgan fingerprint density at radius 2 is 1.79 bits per heavy atom. The molecule has 0 aromatic heterocycles. The maximum Gasteiger partial charge on any atom is 0.316 e. The molecule has 0 spiro atoms. The Morgan fingerprint density at radius 3 is 2.54 bits per heavy atom. The van der Waals surface area contributed by atoms with Gasteiger partial charge in [0, 0.05) is 6.42 Å². The SMILES string of the molecule is C[C@H](CCC(=O)OCc1ccccc1)[C@H]1CC[C@H]2[C@@H]3CC[C@@H]4C[C@H](OC(=O)CBr)CC[C@]4(C)[C@H]3C[C@H](O)[C@]12C. The van der Waals surface area contributed by atoms with Crippen LogP contribution in [0.25, 0.3) is 0 Å². The number of benzene rings is 1. The van der Waals surface area contributed by atoms with Crippen LogP contribution in [0.5, 0.6) is 0 Å². The number of halogens is 1. The Hall–Kier alpha value is -1.40. The van der Waals surface area contributed by atoms with Crippen molar-refractivity contribution in [3.05, 3.63) is 35.9 Å². The van der Waals surface area contributed by atoms with E-state index in [9.17, 15) is 14.7 Å². The summed E-state index contributed by atoms with van der Waals surface area (Å²) in [6.07, 6.45) is 9.63. The standard InChI is InChI=1S/C33H47BrO5/c1-21(9-14-30(36)38-20-22-7-5-4-6-8-22)26-12-13-27-25-11-10-23-17-24(39-31(37)19-34)15-16-32(23,2)28(25)18-29(35)33(26,27)3/h4-8,21,23-29,35H,9-20H2,1-3H3/t21-,23-,24-,25+,26-,27+,28+,29+,32+,33-/m1/s1. The van der Waals surface area contributed by atoms with Crippen LogP contribution < -0.4 is 0 Å². The lowest BCUT2D eigenvalue weighted by molar-refractivity contribution is -0.180. The van der Waals surface area contributed by atoms with E-state index in [2.05, 4.69) is 36.7 Å². The van der Waals surface area contributed by atoms with E-state index in [4.69, 9.17) is 9.47 Å². The predicted molar refractivity (Wildman–Crippen MR) is 155 cm³/mol. The van der Waals surface area contributed by atoms with Crippen molar-refractivity contribution in [1.29, 1.82) is 0 Å². The zero-order chi connectivity index (χ0) is 27.8. The summed E-state index contributed by atoms with van der Waals surface area (Å²) >= 11 is 3.23. The maximum atomic E-state index is 12.5. The molecule has 1 N–H and O–H groups in total. The third-order valence-electron chi connectivity index (χ3n) is 11.9. The second-order valence-corrected chi connectivity index (χ2v) is 14.2. The first-order valence-corrected chi connectivity index (χ1v) is 16.4. The van der Waals surface area contributed by atoms with Gasteiger partial charge in [0.2, 0.25) is 0 Å². The first kappa shape index (κ1) is 29.1. The van der Waals surface area contributed by atoms with Gasteiger partial charge in [-0.25, -0.2) is 0 Å². The van der Waals surface area contributed by atoms with Gasteiger partial charge in [0.05, 0.1) is 6.10 Å². The van der Waals surface area contributed by atoms with Crippen LogP contribution in [0, 0.1) is 46.3 Å². The highest BCUT2D eigenvalue weighted by Crippen LogP contribution is 2.68. The Labute approximate surface area is 242 Å². The summed E-state index contributed by atoms with van der Waals surface area (Å²) in [5.74, 6) is 2.84. The molecular formula is C33H47BrO5. The van der Waals surface area contributed by atoms with E-state index in [1.54, 1.807) is 0 Å². The van der Waals surface area contributed by atoms with Crippen LogP contribution in [-0.2, 0) is 25.7 Å². The van der Waals surface area contributed by atoms with Crippen molar-refractivity contribution in [3.8, 4) is 0 Å². The van der Waals surface area contributed by atoms with Gasteiger partial charge in [0.1, 0.15) is 18.0 Å². The van der Waals surface area contributed by atoms with Crippen LogP contribution >= 0.6 is 15.9 Å². The molecule has 216 valence electrons. The van der Waals surface area contributed by atoms with Crippen molar-refractivity contribution in [2.24, 2.45) is 46.3 Å². The molecular weight excluding hydrogens is 556 g/mol. The van der Waals surface area contributed by atoms with Crippen molar-refractivity contribution < 1.29 is 24.2 Å². The van der Waals surface area contributed by atoms with Gasteiger partial charge in [-0.2, -0.15) is 0 Å². The highest BCUT2D eigenvalue weighted by molar-refractivity contribution is 9.09. The number of esters is 2. The van der Waals surface area contributed by atoms with Crippen LogP contribution in [0.4, 0.5) is 0 Å². The lowest BCUT2D eigenvalue weighted by Gasteiger charge is -2.62. The molecule has 5 rings (SSSR count). The summed E-state index contributed by atoms with van der Waals surface area (Å²) < 4.78 is 11.3. The number of aliphatic hydroxyl groups excluding tert-OH is 1. The van der Waals surface area contributed by atoms with Crippen molar-refractivity contribution in [2.45, 2.75) is 104 Å². The number of aliphatic hydroxyl groups is 1. The Morgan fingerprint density at radius 1 is 1.03 bits per heavy atom. The molecule has 0 saturated heterocycles. The molecule has 10 atom stereocenters. The van der Waals surface area contributed by atoms with Crippen LogP contribution in [-0.4, -0.2) is 34.6 Å². The minimum atomic E-state index is -0.303. The fourth-order valence-corrected chi connectivity index (χ4v) is 9.96. The predicted octanol–water partition coefficient (Wildman–Crippen LogP) is 7.08. The monoisotopic (exact) mass is 602 g/mol. The number of carbonyl (C=O) groups excluding carboxylic acids is 2. The van der Waals surface area contributed by atoms with Gasteiger partial charge in [0.25, 0.3) is 0 Å². The lowest BCUT2D eigenvalue weighted by Crippen LogP contribution is -2.59. The van der Waals surface area contributed by atoms with Crippen LogP contribution in [0.1, 0.15) is 90.5 Å². The van der Waals surface area contributed by atoms with Gasteiger partial charge < -0.3 is 14.6 Å². The molecule has 1 aromatic rings. The van der Waals surface area contributed by atoms with Gasteiger partial charge in [-0.05, 0) is 110 Å². The zero-order valence-electron chi connectivity index (χ0n) is 23.9. The smallest absolute Gasteiger partial charge is 0.316 e. The van der Waals surface area contributed by atoms with E-state index in [0.717, 1.165) is 44.1 Å². The van der Waals surface area contributed by atoms with Crippen LogP contribution in [0.3, 0.4) is 0 Å². The fraction of sp³-hybridized carbons (Fsp3) is 0.758. The third kappa shape index (κ3) is 5.58. The van der Waals surface area contributed by atoms with E-state index >= 15 is 0 Å². The second-order valence-electron chi connectivity index (χ2n) is 13.6. The van der Waals surface area contributed by atoms with Crippen molar-refractivity contribution in [1.82, 2.24) is 0 Å². The maximum absolute atomic E-state index is 12.5. The number of ether oxygens (including phenoxy) is 2. The number of carbonyl (C=O) groups is 2. The number of rotatable bonds is 8. The second kappa shape index (κ2) is 11.8. The van der Waals surface area contributed by atoms with Crippen molar-refractivity contribution in [3.63, 3.8) is 0 Å². The summed E-state index contributed by atoms with van der Waals surface area (Å²) in [7, 11) is 0. The average molecular weight is 604 g/mol. The fourth-order valence-electron chi connectivity index (χ4n) is 9.82. The van der Waals surface area contributed by atoms with Crippen molar-refractivity contribution in [2.75, 3.05) is 5.33 Å². The number of alkyl halides is 1. The van der Waals surface area contributed by atoms with Crippen LogP contribution in [0.2, 0.25) is 0 Å².